The number of hydrogen-bond acceptors (Lipinski definition) is 3. The zero-order valence-electron chi connectivity index (χ0n) is 16.2. The fourth-order valence-electron chi connectivity index (χ4n) is 4.51. The summed E-state index contributed by atoms with van der Waals surface area (Å²) in [4.78, 5) is 29.5. The highest BCUT2D eigenvalue weighted by molar-refractivity contribution is 9.10. The van der Waals surface area contributed by atoms with Crippen molar-refractivity contribution in [3.63, 3.8) is 0 Å². The maximum absolute atomic E-state index is 12.9. The lowest BCUT2D eigenvalue weighted by atomic mass is 9.86. The van der Waals surface area contributed by atoms with Gasteiger partial charge in [0.15, 0.2) is 0 Å². The van der Waals surface area contributed by atoms with Gasteiger partial charge in [0.1, 0.15) is 0 Å². The Morgan fingerprint density at radius 1 is 1.30 bits per heavy atom. The molecule has 2 fully saturated rings. The van der Waals surface area contributed by atoms with Crippen LogP contribution in [-0.2, 0) is 10.2 Å². The van der Waals surface area contributed by atoms with Crippen molar-refractivity contribution in [3.8, 4) is 0 Å². The zero-order valence-corrected chi connectivity index (χ0v) is 17.8. The molecule has 0 saturated heterocycles. The first kappa shape index (κ1) is 18.9. The second kappa shape index (κ2) is 6.89. The van der Waals surface area contributed by atoms with Crippen LogP contribution in [0.3, 0.4) is 0 Å². The van der Waals surface area contributed by atoms with E-state index in [2.05, 4.69) is 46.2 Å². The summed E-state index contributed by atoms with van der Waals surface area (Å²) < 4.78 is 1.01. The van der Waals surface area contributed by atoms with Gasteiger partial charge in [0, 0.05) is 34.1 Å². The molecule has 2 aliphatic carbocycles. The van der Waals surface area contributed by atoms with Crippen molar-refractivity contribution < 1.29 is 9.59 Å². The highest BCUT2D eigenvalue weighted by atomic mass is 79.9. The van der Waals surface area contributed by atoms with Crippen LogP contribution in [0.15, 0.2) is 22.7 Å². The summed E-state index contributed by atoms with van der Waals surface area (Å²) >= 11 is 3.52. The SMILES string of the molecule is CCN(C)C1(CCNC(=O)CN2CC3(CC3)c3cc(Br)ccc3C2=O)CC1. The Bertz CT molecular complexity index is 771. The summed E-state index contributed by atoms with van der Waals surface area (Å²) in [6.07, 6.45) is 5.60. The Kier molecular flexibility index (Phi) is 4.83. The van der Waals surface area contributed by atoms with Crippen LogP contribution in [0.2, 0.25) is 0 Å². The minimum atomic E-state index is -0.0466. The zero-order chi connectivity index (χ0) is 19.2. The quantitative estimate of drug-likeness (QED) is 0.718. The topological polar surface area (TPSA) is 52.7 Å². The van der Waals surface area contributed by atoms with E-state index < -0.39 is 0 Å². The van der Waals surface area contributed by atoms with Gasteiger partial charge in [-0.05, 0) is 69.5 Å². The minimum Gasteiger partial charge on any atom is -0.354 e. The van der Waals surface area contributed by atoms with Crippen LogP contribution in [0.1, 0.15) is 54.9 Å². The number of nitrogens with zero attached hydrogens (tertiary/aromatic N) is 2. The predicted molar refractivity (Wildman–Crippen MR) is 109 cm³/mol. The average Bonchev–Trinajstić information content (AvgIpc) is 3.56. The number of amides is 2. The van der Waals surface area contributed by atoms with Gasteiger partial charge in [0.25, 0.3) is 5.91 Å². The predicted octanol–water partition coefficient (Wildman–Crippen LogP) is 2.93. The van der Waals surface area contributed by atoms with E-state index >= 15 is 0 Å². The number of nitrogens with one attached hydrogen (secondary N) is 1. The third-order valence-corrected chi connectivity index (χ3v) is 7.27. The van der Waals surface area contributed by atoms with E-state index in [9.17, 15) is 9.59 Å². The van der Waals surface area contributed by atoms with Crippen molar-refractivity contribution in [3.05, 3.63) is 33.8 Å². The molecule has 1 aliphatic heterocycles. The Hall–Kier alpha value is -1.40. The second-order valence-electron chi connectivity index (χ2n) is 8.47. The monoisotopic (exact) mass is 433 g/mol. The van der Waals surface area contributed by atoms with Gasteiger partial charge in [-0.15, -0.1) is 0 Å². The lowest BCUT2D eigenvalue weighted by Crippen LogP contribution is -2.48. The van der Waals surface area contributed by atoms with Gasteiger partial charge in [0.05, 0.1) is 6.54 Å². The van der Waals surface area contributed by atoms with E-state index in [1.165, 1.54) is 12.8 Å². The van der Waals surface area contributed by atoms with Gasteiger partial charge >= 0.3 is 0 Å². The molecule has 146 valence electrons. The summed E-state index contributed by atoms with van der Waals surface area (Å²) in [5, 5.41) is 3.04. The Labute approximate surface area is 169 Å². The molecule has 3 aliphatic rings. The van der Waals surface area contributed by atoms with Crippen LogP contribution in [0.5, 0.6) is 0 Å². The molecule has 1 spiro atoms. The minimum absolute atomic E-state index is 0.0189. The first-order chi connectivity index (χ1) is 12.9. The largest absolute Gasteiger partial charge is 0.354 e. The molecule has 1 aromatic rings. The van der Waals surface area contributed by atoms with Crippen molar-refractivity contribution in [2.75, 3.05) is 33.2 Å². The fraction of sp³-hybridized carbons (Fsp3) is 0.619. The number of carbonyl (C=O) groups is 2. The van der Waals surface area contributed by atoms with E-state index in [0.717, 1.165) is 41.4 Å². The smallest absolute Gasteiger partial charge is 0.254 e. The van der Waals surface area contributed by atoms with Crippen molar-refractivity contribution in [1.29, 1.82) is 0 Å². The van der Waals surface area contributed by atoms with Gasteiger partial charge in [-0.3, -0.25) is 9.59 Å². The number of fused-ring (bicyclic) bond motifs is 2. The molecule has 27 heavy (non-hydrogen) atoms. The molecule has 0 bridgehead atoms. The van der Waals surface area contributed by atoms with Crippen LogP contribution in [-0.4, -0.2) is 60.4 Å². The highest BCUT2D eigenvalue weighted by Gasteiger charge is 2.51. The van der Waals surface area contributed by atoms with Crippen molar-refractivity contribution in [2.24, 2.45) is 0 Å². The molecule has 0 unspecified atom stereocenters. The van der Waals surface area contributed by atoms with Crippen molar-refractivity contribution >= 4 is 27.7 Å². The second-order valence-corrected chi connectivity index (χ2v) is 9.39. The lowest BCUT2D eigenvalue weighted by molar-refractivity contribution is -0.122. The Morgan fingerprint density at radius 2 is 2.04 bits per heavy atom. The maximum Gasteiger partial charge on any atom is 0.254 e. The fourth-order valence-corrected chi connectivity index (χ4v) is 4.87. The molecule has 2 saturated carbocycles. The Morgan fingerprint density at radius 3 is 2.67 bits per heavy atom. The molecule has 1 aromatic carbocycles. The summed E-state index contributed by atoms with van der Waals surface area (Å²) in [6.45, 7) is 4.70. The number of rotatable bonds is 7. The van der Waals surface area contributed by atoms with E-state index in [4.69, 9.17) is 0 Å². The Balaban J connectivity index is 1.35. The normalized spacial score (nSPS) is 21.3. The molecule has 0 aromatic heterocycles. The van der Waals surface area contributed by atoms with Crippen LogP contribution >= 0.6 is 15.9 Å². The first-order valence-corrected chi connectivity index (χ1v) is 10.8. The standard InChI is InChI=1S/C21H28BrN3O2/c1-3-24(2)21(8-9-21)10-11-23-18(26)13-25-14-20(6-7-20)17-12-15(22)4-5-16(17)19(25)27/h4-5,12H,3,6-11,13-14H2,1-2H3,(H,23,26). The maximum atomic E-state index is 12.9. The molecule has 0 radical (unpaired) electrons. The van der Waals surface area contributed by atoms with Crippen LogP contribution < -0.4 is 5.32 Å². The average molecular weight is 434 g/mol. The van der Waals surface area contributed by atoms with Gasteiger partial charge in [-0.25, -0.2) is 0 Å². The molecule has 4 rings (SSSR count). The molecule has 1 N–H and O–H groups in total. The third-order valence-electron chi connectivity index (χ3n) is 6.78. The summed E-state index contributed by atoms with van der Waals surface area (Å²) in [6, 6.07) is 5.88. The van der Waals surface area contributed by atoms with Crippen LogP contribution in [0, 0.1) is 0 Å². The van der Waals surface area contributed by atoms with Gasteiger partial charge in [-0.1, -0.05) is 22.9 Å². The number of carbonyl (C=O) groups excluding carboxylic acids is 2. The van der Waals surface area contributed by atoms with Crippen molar-refractivity contribution in [2.45, 2.75) is 50.0 Å². The molecule has 2 amide bonds. The number of halogens is 1. The molecule has 5 nitrogen and oxygen atoms in total. The molecular formula is C21H28BrN3O2. The summed E-state index contributed by atoms with van der Waals surface area (Å²) in [5.41, 5.74) is 2.26. The van der Waals surface area contributed by atoms with Crippen LogP contribution in [0.4, 0.5) is 0 Å². The lowest BCUT2D eigenvalue weighted by Gasteiger charge is -2.34. The molecule has 1 heterocycles. The van der Waals surface area contributed by atoms with Crippen LogP contribution in [0.25, 0.3) is 0 Å². The van der Waals surface area contributed by atoms with Gasteiger partial charge in [0.2, 0.25) is 5.91 Å². The highest BCUT2D eigenvalue weighted by Crippen LogP contribution is 2.52. The first-order valence-electron chi connectivity index (χ1n) is 9.96. The van der Waals surface area contributed by atoms with E-state index in [1.54, 1.807) is 4.90 Å². The molecule has 0 atom stereocenters. The van der Waals surface area contributed by atoms with E-state index in [-0.39, 0.29) is 29.3 Å². The summed E-state index contributed by atoms with van der Waals surface area (Å²) in [7, 11) is 2.16. The van der Waals surface area contributed by atoms with Gasteiger partial charge in [-0.2, -0.15) is 0 Å². The number of benzene rings is 1. The molecule has 6 heteroatoms. The van der Waals surface area contributed by atoms with E-state index in [1.807, 2.05) is 12.1 Å². The third kappa shape index (κ3) is 3.54. The van der Waals surface area contributed by atoms with Gasteiger partial charge < -0.3 is 15.1 Å². The summed E-state index contributed by atoms with van der Waals surface area (Å²) in [5.74, 6) is -0.0655. The number of hydrogen-bond donors (Lipinski definition) is 1. The molecular weight excluding hydrogens is 406 g/mol. The van der Waals surface area contributed by atoms with Crippen molar-refractivity contribution in [1.82, 2.24) is 15.1 Å². The van der Waals surface area contributed by atoms with E-state index in [0.29, 0.717) is 13.1 Å².